The van der Waals surface area contributed by atoms with Crippen LogP contribution >= 0.6 is 0 Å². The molecule has 9 heteroatoms. The van der Waals surface area contributed by atoms with Crippen molar-refractivity contribution >= 4 is 0 Å². The van der Waals surface area contributed by atoms with Crippen molar-refractivity contribution in [3.63, 3.8) is 0 Å². The largest absolute Gasteiger partial charge is 0.429 e. The van der Waals surface area contributed by atoms with Crippen molar-refractivity contribution in [2.75, 3.05) is 0 Å². The number of allylic oxidation sites excluding steroid dienone is 1. The zero-order valence-corrected chi connectivity index (χ0v) is 18.9. The molecule has 3 nitrogen and oxygen atoms in total. The van der Waals surface area contributed by atoms with Gasteiger partial charge < -0.3 is 15.3 Å². The predicted octanol–water partition coefficient (Wildman–Crippen LogP) is 6.31. The summed E-state index contributed by atoms with van der Waals surface area (Å²) in [6.45, 7) is -3.01. The van der Waals surface area contributed by atoms with E-state index in [1.807, 2.05) is 6.92 Å². The predicted molar refractivity (Wildman–Crippen MR) is 113 cm³/mol. The summed E-state index contributed by atoms with van der Waals surface area (Å²) in [7, 11) is 0. The molecule has 1 unspecified atom stereocenters. The molecule has 2 saturated carbocycles. The van der Waals surface area contributed by atoms with E-state index in [9.17, 15) is 41.7 Å². The molecule has 2 aliphatic carbocycles. The van der Waals surface area contributed by atoms with Crippen LogP contribution in [-0.2, 0) is 0 Å². The highest BCUT2D eigenvalue weighted by Gasteiger charge is 2.69. The molecule has 33 heavy (non-hydrogen) atoms. The molecule has 2 fully saturated rings. The lowest BCUT2D eigenvalue weighted by Gasteiger charge is -2.50. The molecule has 0 heterocycles. The molecule has 0 aromatic heterocycles. The Balaban J connectivity index is 2.45. The number of aliphatic hydroxyl groups is 3. The highest BCUT2D eigenvalue weighted by atomic mass is 19.4. The van der Waals surface area contributed by atoms with E-state index >= 15 is 0 Å². The Labute approximate surface area is 200 Å². The van der Waals surface area contributed by atoms with Gasteiger partial charge in [-0.1, -0.05) is 32.8 Å². The average molecular weight is 495 g/mol. The fourth-order valence-corrected chi connectivity index (χ4v) is 6.31. The third kappa shape index (κ3) is 5.89. The van der Waals surface area contributed by atoms with Crippen molar-refractivity contribution in [2.45, 2.75) is 115 Å². The summed E-state index contributed by atoms with van der Waals surface area (Å²) >= 11 is 0. The van der Waals surface area contributed by atoms with Gasteiger partial charge in [-0.15, -0.1) is 0 Å². The molecule has 0 radical (unpaired) electrons. The molecule has 0 aromatic rings. The second kappa shape index (κ2) is 9.34. The molecule has 2 rings (SSSR count). The number of halogens is 6. The van der Waals surface area contributed by atoms with Gasteiger partial charge in [-0.2, -0.15) is 26.3 Å². The van der Waals surface area contributed by atoms with Gasteiger partial charge in [0.15, 0.2) is 0 Å². The Bertz CT molecular complexity index is 860. The molecule has 0 aliphatic heterocycles. The number of fused-ring (bicyclic) bond motifs is 1. The Morgan fingerprint density at radius 3 is 2.15 bits per heavy atom. The summed E-state index contributed by atoms with van der Waals surface area (Å²) in [5.41, 5.74) is -9.73. The quantitative estimate of drug-likeness (QED) is 0.274. The maximum atomic E-state index is 13.2. The second-order valence-electron chi connectivity index (χ2n) is 10.4. The fourth-order valence-electron chi connectivity index (χ4n) is 6.31. The first-order chi connectivity index (χ1) is 17.3. The van der Waals surface area contributed by atoms with E-state index < -0.39 is 60.6 Å². The molecule has 5 atom stereocenters. The van der Waals surface area contributed by atoms with Gasteiger partial charge >= 0.3 is 12.4 Å². The molecular formula is C24H38F6O3. The molecule has 194 valence electrons. The van der Waals surface area contributed by atoms with Crippen molar-refractivity contribution in [1.82, 2.24) is 0 Å². The SMILES string of the molecule is [2H]C([2H])([2H])C(O)(CCCC(C)(CC=CC(O)(C(F)(F)F)C(F)(F)F)[C@H]1CC[C@H]2[C@@H](O)CCC[C@]12C)C([2H])([2H])[2H]. The van der Waals surface area contributed by atoms with Crippen LogP contribution in [0.3, 0.4) is 0 Å². The Morgan fingerprint density at radius 2 is 1.61 bits per heavy atom. The number of alkyl halides is 6. The molecule has 2 aliphatic rings. The van der Waals surface area contributed by atoms with Crippen molar-refractivity contribution in [2.24, 2.45) is 22.7 Å². The van der Waals surface area contributed by atoms with Crippen molar-refractivity contribution in [3.05, 3.63) is 12.2 Å². The third-order valence-corrected chi connectivity index (χ3v) is 8.02. The summed E-state index contributed by atoms with van der Waals surface area (Å²) < 4.78 is 125. The number of rotatable bonds is 8. The minimum absolute atomic E-state index is 0.0225. The standard InChI is InChI=1S/C24H38F6O3/c1-19(2,32)11-6-12-20(3,13-7-15-22(33,23(25,26)27)24(28,29)30)18-10-9-16-17(31)8-5-14-21(16,18)4/h7,15-18,31-33H,5-6,8-14H2,1-4H3/t16-,17-,18+,20?,21-/m0/s1/i1D3,2D3. The maximum Gasteiger partial charge on any atom is 0.429 e. The highest BCUT2D eigenvalue weighted by Crippen LogP contribution is 2.62. The average Bonchev–Trinajstić information content (AvgIpc) is 3.09. The number of hydrogen-bond acceptors (Lipinski definition) is 3. The minimum Gasteiger partial charge on any atom is -0.393 e. The Kier molecular flexibility index (Phi) is 5.77. The lowest BCUT2D eigenvalue weighted by molar-refractivity contribution is -0.347. The van der Waals surface area contributed by atoms with Crippen LogP contribution in [0.5, 0.6) is 0 Å². The van der Waals surface area contributed by atoms with Crippen LogP contribution in [-0.4, -0.2) is 45.0 Å². The molecule has 0 amide bonds. The van der Waals surface area contributed by atoms with Crippen LogP contribution in [0, 0.1) is 22.7 Å². The van der Waals surface area contributed by atoms with Crippen LogP contribution in [0.15, 0.2) is 12.2 Å². The summed E-state index contributed by atoms with van der Waals surface area (Å²) in [6.07, 6.45) is -10.7. The van der Waals surface area contributed by atoms with E-state index in [2.05, 4.69) is 0 Å². The lowest BCUT2D eigenvalue weighted by atomic mass is 9.56. The first-order valence-electron chi connectivity index (χ1n) is 14.2. The Morgan fingerprint density at radius 1 is 1.00 bits per heavy atom. The van der Waals surface area contributed by atoms with Gasteiger partial charge in [0, 0.05) is 8.22 Å². The van der Waals surface area contributed by atoms with Crippen LogP contribution < -0.4 is 0 Å². The van der Waals surface area contributed by atoms with Gasteiger partial charge in [-0.05, 0) is 87.4 Å². The first kappa shape index (κ1) is 20.4. The van der Waals surface area contributed by atoms with Crippen molar-refractivity contribution in [3.8, 4) is 0 Å². The van der Waals surface area contributed by atoms with E-state index in [1.54, 1.807) is 6.92 Å². The molecule has 0 bridgehead atoms. The van der Waals surface area contributed by atoms with Crippen LogP contribution in [0.1, 0.15) is 93.6 Å². The van der Waals surface area contributed by atoms with Crippen molar-refractivity contribution in [1.29, 1.82) is 0 Å². The second-order valence-corrected chi connectivity index (χ2v) is 10.4. The lowest BCUT2D eigenvalue weighted by Crippen LogP contribution is -2.55. The smallest absolute Gasteiger partial charge is 0.393 e. The number of aliphatic hydroxyl groups excluding tert-OH is 1. The van der Waals surface area contributed by atoms with E-state index in [1.165, 1.54) is 0 Å². The van der Waals surface area contributed by atoms with E-state index in [4.69, 9.17) is 8.22 Å². The molecule has 0 aromatic carbocycles. The van der Waals surface area contributed by atoms with Gasteiger partial charge in [0.05, 0.1) is 11.7 Å². The summed E-state index contributed by atoms with van der Waals surface area (Å²) in [4.78, 5) is 0. The van der Waals surface area contributed by atoms with Crippen molar-refractivity contribution < 1.29 is 49.9 Å². The minimum atomic E-state index is -6.04. The Hall–Kier alpha value is -0.800. The first-order valence-corrected chi connectivity index (χ1v) is 11.2. The van der Waals surface area contributed by atoms with Gasteiger partial charge in [-0.3, -0.25) is 0 Å². The van der Waals surface area contributed by atoms with Crippen LogP contribution in [0.2, 0.25) is 0 Å². The monoisotopic (exact) mass is 494 g/mol. The topological polar surface area (TPSA) is 60.7 Å². The van der Waals surface area contributed by atoms with Gasteiger partial charge in [0.25, 0.3) is 5.60 Å². The molecular weight excluding hydrogens is 450 g/mol. The summed E-state index contributed by atoms with van der Waals surface area (Å²) in [6, 6.07) is 0. The van der Waals surface area contributed by atoms with Crippen LogP contribution in [0.25, 0.3) is 0 Å². The highest BCUT2D eigenvalue weighted by molar-refractivity contribution is 5.13. The third-order valence-electron chi connectivity index (χ3n) is 8.02. The maximum absolute atomic E-state index is 13.2. The molecule has 3 N–H and O–H groups in total. The van der Waals surface area contributed by atoms with E-state index in [0.29, 0.717) is 38.2 Å². The van der Waals surface area contributed by atoms with Crippen LogP contribution in [0.4, 0.5) is 26.3 Å². The molecule has 0 spiro atoms. The van der Waals surface area contributed by atoms with E-state index in [-0.39, 0.29) is 37.2 Å². The zero-order chi connectivity index (χ0) is 30.5. The van der Waals surface area contributed by atoms with Gasteiger partial charge in [0.2, 0.25) is 0 Å². The number of hydrogen-bond donors (Lipinski definition) is 3. The molecule has 0 saturated heterocycles. The summed E-state index contributed by atoms with van der Waals surface area (Å²) in [5.74, 6) is -0.475. The normalized spacial score (nSPS) is 35.1. The van der Waals surface area contributed by atoms with Gasteiger partial charge in [0.1, 0.15) is 0 Å². The zero-order valence-electron chi connectivity index (χ0n) is 24.9. The van der Waals surface area contributed by atoms with Gasteiger partial charge in [-0.25, -0.2) is 0 Å². The fraction of sp³-hybridized carbons (Fsp3) is 0.917. The van der Waals surface area contributed by atoms with E-state index in [0.717, 1.165) is 0 Å². The summed E-state index contributed by atoms with van der Waals surface area (Å²) in [5, 5.41) is 30.8.